The Hall–Kier alpha value is -0.0400. The van der Waals surface area contributed by atoms with Gasteiger partial charge in [0, 0.05) is 0 Å². The van der Waals surface area contributed by atoms with Crippen LogP contribution in [0.4, 0.5) is 0 Å². The third kappa shape index (κ3) is 7.81. The smallest absolute Gasteiger partial charge is 0.00162 e. The molecule has 0 N–H and O–H groups in total. The minimum absolute atomic E-state index is 0.942. The van der Waals surface area contributed by atoms with Crippen LogP contribution in [0.5, 0.6) is 0 Å². The summed E-state index contributed by atoms with van der Waals surface area (Å²) in [6, 6.07) is 0. The standard InChI is InChI=1S/C16H35N/c1-6-15(7-2)11-13-17(10-5)14-12-16(8-3)9-4/h15-16H,6-14H2,1-5H3. The van der Waals surface area contributed by atoms with Crippen molar-refractivity contribution in [2.45, 2.75) is 73.1 Å². The predicted molar refractivity (Wildman–Crippen MR) is 79.5 cm³/mol. The highest BCUT2D eigenvalue weighted by atomic mass is 15.1. The van der Waals surface area contributed by atoms with E-state index in [-0.39, 0.29) is 0 Å². The first-order valence-corrected chi connectivity index (χ1v) is 7.93. The normalized spacial score (nSPS) is 12.0. The highest BCUT2D eigenvalue weighted by Gasteiger charge is 2.10. The lowest BCUT2D eigenvalue weighted by molar-refractivity contribution is 0.237. The predicted octanol–water partition coefficient (Wildman–Crippen LogP) is 4.96. The minimum Gasteiger partial charge on any atom is -0.304 e. The van der Waals surface area contributed by atoms with Gasteiger partial charge in [-0.15, -0.1) is 0 Å². The van der Waals surface area contributed by atoms with Crippen molar-refractivity contribution in [3.63, 3.8) is 0 Å². The van der Waals surface area contributed by atoms with Crippen LogP contribution in [0.1, 0.15) is 73.1 Å². The summed E-state index contributed by atoms with van der Waals surface area (Å²) in [5.74, 6) is 1.88. The molecule has 0 bridgehead atoms. The van der Waals surface area contributed by atoms with Gasteiger partial charge in [0.2, 0.25) is 0 Å². The molecule has 0 heterocycles. The van der Waals surface area contributed by atoms with Gasteiger partial charge in [-0.25, -0.2) is 0 Å². The average Bonchev–Trinajstić information content (AvgIpc) is 2.38. The molecule has 0 aliphatic carbocycles. The average molecular weight is 241 g/mol. The van der Waals surface area contributed by atoms with Crippen LogP contribution in [-0.2, 0) is 0 Å². The van der Waals surface area contributed by atoms with Crippen molar-refractivity contribution in [2.75, 3.05) is 19.6 Å². The molecule has 1 nitrogen and oxygen atoms in total. The van der Waals surface area contributed by atoms with Gasteiger partial charge in [-0.2, -0.15) is 0 Å². The monoisotopic (exact) mass is 241 g/mol. The number of nitrogens with zero attached hydrogens (tertiary/aromatic N) is 1. The van der Waals surface area contributed by atoms with Gasteiger partial charge >= 0.3 is 0 Å². The van der Waals surface area contributed by atoms with Crippen LogP contribution in [0, 0.1) is 11.8 Å². The Bertz CT molecular complexity index is 132. The molecule has 104 valence electrons. The van der Waals surface area contributed by atoms with Crippen LogP contribution in [0.2, 0.25) is 0 Å². The molecule has 1 heteroatoms. The van der Waals surface area contributed by atoms with E-state index in [1.54, 1.807) is 0 Å². The maximum absolute atomic E-state index is 2.65. The van der Waals surface area contributed by atoms with E-state index in [4.69, 9.17) is 0 Å². The summed E-state index contributed by atoms with van der Waals surface area (Å²) in [5, 5.41) is 0. The molecule has 0 unspecified atom stereocenters. The quantitative estimate of drug-likeness (QED) is 0.494. The van der Waals surface area contributed by atoms with Crippen molar-refractivity contribution in [1.29, 1.82) is 0 Å². The van der Waals surface area contributed by atoms with Crippen molar-refractivity contribution < 1.29 is 0 Å². The van der Waals surface area contributed by atoms with Crippen LogP contribution < -0.4 is 0 Å². The van der Waals surface area contributed by atoms with Gasteiger partial charge < -0.3 is 4.90 Å². The molecular weight excluding hydrogens is 206 g/mol. The van der Waals surface area contributed by atoms with E-state index in [1.807, 2.05) is 0 Å². The summed E-state index contributed by atoms with van der Waals surface area (Å²) < 4.78 is 0. The first-order valence-electron chi connectivity index (χ1n) is 7.93. The topological polar surface area (TPSA) is 3.24 Å². The third-order valence-corrected chi connectivity index (χ3v) is 4.46. The molecule has 0 aromatic carbocycles. The van der Waals surface area contributed by atoms with E-state index >= 15 is 0 Å². The van der Waals surface area contributed by atoms with E-state index in [0.29, 0.717) is 0 Å². The summed E-state index contributed by atoms with van der Waals surface area (Å²) in [5.41, 5.74) is 0. The fourth-order valence-electron chi connectivity index (χ4n) is 2.55. The Labute approximate surface area is 110 Å². The van der Waals surface area contributed by atoms with Gasteiger partial charge in [0.15, 0.2) is 0 Å². The fourth-order valence-corrected chi connectivity index (χ4v) is 2.55. The van der Waals surface area contributed by atoms with Crippen molar-refractivity contribution >= 4 is 0 Å². The second kappa shape index (κ2) is 11.1. The maximum atomic E-state index is 2.65. The van der Waals surface area contributed by atoms with Gasteiger partial charge in [0.05, 0.1) is 0 Å². The lowest BCUT2D eigenvalue weighted by Gasteiger charge is -2.24. The molecule has 0 spiro atoms. The first-order chi connectivity index (χ1) is 8.21. The van der Waals surface area contributed by atoms with Crippen LogP contribution >= 0.6 is 0 Å². The van der Waals surface area contributed by atoms with E-state index in [0.717, 1.165) is 11.8 Å². The summed E-state index contributed by atoms with van der Waals surface area (Å²) in [6.07, 6.45) is 8.18. The Kier molecular flexibility index (Phi) is 11.0. The molecule has 0 fully saturated rings. The molecular formula is C16H35N. The van der Waals surface area contributed by atoms with Crippen molar-refractivity contribution in [3.8, 4) is 0 Å². The van der Waals surface area contributed by atoms with Gasteiger partial charge in [0.1, 0.15) is 0 Å². The lowest BCUT2D eigenvalue weighted by Crippen LogP contribution is -2.28. The van der Waals surface area contributed by atoms with Crippen LogP contribution in [0.15, 0.2) is 0 Å². The fraction of sp³-hybridized carbons (Fsp3) is 1.00. The molecule has 0 aromatic heterocycles. The summed E-state index contributed by atoms with van der Waals surface area (Å²) in [7, 11) is 0. The molecule has 0 atom stereocenters. The summed E-state index contributed by atoms with van der Waals surface area (Å²) in [4.78, 5) is 2.65. The van der Waals surface area contributed by atoms with Gasteiger partial charge in [-0.3, -0.25) is 0 Å². The zero-order chi connectivity index (χ0) is 13.1. The summed E-state index contributed by atoms with van der Waals surface area (Å²) >= 11 is 0. The van der Waals surface area contributed by atoms with Gasteiger partial charge in [-0.1, -0.05) is 60.3 Å². The highest BCUT2D eigenvalue weighted by Crippen LogP contribution is 2.16. The molecule has 0 aromatic rings. The second-order valence-corrected chi connectivity index (χ2v) is 5.38. The Morgan fingerprint density at radius 3 is 1.24 bits per heavy atom. The molecule has 0 aliphatic heterocycles. The molecule has 0 amide bonds. The van der Waals surface area contributed by atoms with Crippen molar-refractivity contribution in [3.05, 3.63) is 0 Å². The van der Waals surface area contributed by atoms with E-state index in [9.17, 15) is 0 Å². The molecule has 0 rings (SSSR count). The number of hydrogen-bond donors (Lipinski definition) is 0. The van der Waals surface area contributed by atoms with Crippen LogP contribution in [0.3, 0.4) is 0 Å². The minimum atomic E-state index is 0.942. The van der Waals surface area contributed by atoms with Crippen molar-refractivity contribution in [1.82, 2.24) is 4.90 Å². The van der Waals surface area contributed by atoms with E-state index in [2.05, 4.69) is 39.5 Å². The Morgan fingerprint density at radius 2 is 1.00 bits per heavy atom. The van der Waals surface area contributed by atoms with Crippen LogP contribution in [-0.4, -0.2) is 24.5 Å². The SMILES string of the molecule is CCC(CC)CCN(CC)CCC(CC)CC. The Morgan fingerprint density at radius 1 is 0.647 bits per heavy atom. The second-order valence-electron chi connectivity index (χ2n) is 5.38. The molecule has 0 saturated carbocycles. The number of rotatable bonds is 11. The largest absolute Gasteiger partial charge is 0.304 e. The zero-order valence-corrected chi connectivity index (χ0v) is 13.0. The van der Waals surface area contributed by atoms with E-state index in [1.165, 1.54) is 58.2 Å². The number of hydrogen-bond acceptors (Lipinski definition) is 1. The van der Waals surface area contributed by atoms with E-state index < -0.39 is 0 Å². The maximum Gasteiger partial charge on any atom is -0.00162 e. The lowest BCUT2D eigenvalue weighted by atomic mass is 9.98. The van der Waals surface area contributed by atoms with Crippen LogP contribution in [0.25, 0.3) is 0 Å². The molecule has 0 radical (unpaired) electrons. The third-order valence-electron chi connectivity index (χ3n) is 4.46. The first kappa shape index (κ1) is 17.0. The van der Waals surface area contributed by atoms with Gasteiger partial charge in [-0.05, 0) is 44.3 Å². The summed E-state index contributed by atoms with van der Waals surface area (Å²) in [6.45, 7) is 15.5. The van der Waals surface area contributed by atoms with Crippen molar-refractivity contribution in [2.24, 2.45) is 11.8 Å². The molecule has 0 saturated heterocycles. The van der Waals surface area contributed by atoms with Gasteiger partial charge in [0.25, 0.3) is 0 Å². The molecule has 17 heavy (non-hydrogen) atoms. The molecule has 0 aliphatic rings. The Balaban J connectivity index is 3.82. The zero-order valence-electron chi connectivity index (χ0n) is 13.0. The highest BCUT2D eigenvalue weighted by molar-refractivity contribution is 4.64.